The highest BCUT2D eigenvalue weighted by molar-refractivity contribution is 8.07. The number of hydrogen-bond acceptors (Lipinski definition) is 5. The largest absolute Gasteiger partial charge is 0.385 e. The van der Waals surface area contributed by atoms with Crippen LogP contribution in [-0.2, 0) is 4.74 Å². The van der Waals surface area contributed by atoms with Crippen LogP contribution in [0.4, 0.5) is 0 Å². The fourth-order valence-corrected chi connectivity index (χ4v) is 5.71. The van der Waals surface area contributed by atoms with E-state index >= 15 is 0 Å². The first-order valence-corrected chi connectivity index (χ1v) is 8.52. The predicted molar refractivity (Wildman–Crippen MR) is 79.6 cm³/mol. The molecular formula is C12H26N2OS2. The Balaban J connectivity index is 2.56. The van der Waals surface area contributed by atoms with E-state index in [0.717, 1.165) is 18.3 Å². The number of hydrogen-bond donors (Lipinski definition) is 2. The Hall–Kier alpha value is 0.580. The van der Waals surface area contributed by atoms with Crippen molar-refractivity contribution >= 4 is 23.5 Å². The molecule has 17 heavy (non-hydrogen) atoms. The van der Waals surface area contributed by atoms with Crippen LogP contribution in [0.2, 0.25) is 0 Å². The minimum atomic E-state index is 0.396. The Kier molecular flexibility index (Phi) is 7.95. The first-order valence-electron chi connectivity index (χ1n) is 6.42. The first kappa shape index (κ1) is 15.6. The topological polar surface area (TPSA) is 47.3 Å². The number of ether oxygens (including phenoxy) is 1. The molecule has 3 nitrogen and oxygen atoms in total. The third-order valence-electron chi connectivity index (χ3n) is 3.43. The van der Waals surface area contributed by atoms with E-state index in [0.29, 0.717) is 17.2 Å². The summed E-state index contributed by atoms with van der Waals surface area (Å²) < 4.78 is 5.17. The van der Waals surface area contributed by atoms with Gasteiger partial charge in [-0.1, -0.05) is 13.8 Å². The Labute approximate surface area is 114 Å². The van der Waals surface area contributed by atoms with E-state index in [1.54, 1.807) is 7.11 Å². The van der Waals surface area contributed by atoms with Gasteiger partial charge in [0.25, 0.3) is 0 Å². The van der Waals surface area contributed by atoms with Gasteiger partial charge in [-0.2, -0.15) is 23.5 Å². The normalized spacial score (nSPS) is 28.9. The van der Waals surface area contributed by atoms with Crippen molar-refractivity contribution < 1.29 is 4.74 Å². The minimum absolute atomic E-state index is 0.396. The molecule has 0 amide bonds. The van der Waals surface area contributed by atoms with Crippen molar-refractivity contribution in [1.29, 1.82) is 0 Å². The number of methoxy groups -OCH3 is 1. The van der Waals surface area contributed by atoms with E-state index in [4.69, 9.17) is 10.6 Å². The summed E-state index contributed by atoms with van der Waals surface area (Å²) in [6.45, 7) is 5.38. The Morgan fingerprint density at radius 2 is 2.12 bits per heavy atom. The summed E-state index contributed by atoms with van der Waals surface area (Å²) in [6, 6.07) is 0.396. The number of nitrogens with one attached hydrogen (secondary N) is 1. The highest BCUT2D eigenvalue weighted by atomic mass is 32.2. The first-order chi connectivity index (χ1) is 8.24. The average Bonchev–Trinajstić information content (AvgIpc) is 2.37. The molecule has 1 saturated heterocycles. The van der Waals surface area contributed by atoms with E-state index in [9.17, 15) is 0 Å². The molecule has 0 bridgehead atoms. The molecule has 1 heterocycles. The molecule has 1 aliphatic heterocycles. The summed E-state index contributed by atoms with van der Waals surface area (Å²) in [6.07, 6.45) is 2.31. The van der Waals surface area contributed by atoms with Gasteiger partial charge in [0.2, 0.25) is 0 Å². The van der Waals surface area contributed by atoms with E-state index < -0.39 is 0 Å². The lowest BCUT2D eigenvalue weighted by Crippen LogP contribution is -2.51. The Bertz CT molecular complexity index is 207. The maximum atomic E-state index is 5.78. The van der Waals surface area contributed by atoms with Crippen LogP contribution in [0, 0.1) is 5.92 Å². The van der Waals surface area contributed by atoms with Crippen LogP contribution in [0.3, 0.4) is 0 Å². The zero-order valence-corrected chi connectivity index (χ0v) is 12.8. The molecule has 0 saturated carbocycles. The molecule has 3 N–H and O–H groups in total. The van der Waals surface area contributed by atoms with E-state index in [1.807, 2.05) is 0 Å². The molecule has 0 aromatic carbocycles. The van der Waals surface area contributed by atoms with Crippen molar-refractivity contribution in [3.8, 4) is 0 Å². The van der Waals surface area contributed by atoms with Crippen LogP contribution in [0.1, 0.15) is 26.7 Å². The SMILES string of the molecule is CCC1SCCSC1C(NN)C(C)CCOC. The fraction of sp³-hybridized carbons (Fsp3) is 1.00. The van der Waals surface area contributed by atoms with E-state index in [2.05, 4.69) is 42.8 Å². The maximum absolute atomic E-state index is 5.78. The zero-order valence-electron chi connectivity index (χ0n) is 11.1. The summed E-state index contributed by atoms with van der Waals surface area (Å²) in [5.74, 6) is 8.87. The average molecular weight is 278 g/mol. The monoisotopic (exact) mass is 278 g/mol. The quantitative estimate of drug-likeness (QED) is 0.552. The van der Waals surface area contributed by atoms with Crippen LogP contribution in [0.15, 0.2) is 0 Å². The van der Waals surface area contributed by atoms with Gasteiger partial charge in [0, 0.05) is 41.8 Å². The van der Waals surface area contributed by atoms with E-state index in [-0.39, 0.29) is 0 Å². The lowest BCUT2D eigenvalue weighted by atomic mass is 9.94. The highest BCUT2D eigenvalue weighted by Gasteiger charge is 2.34. The van der Waals surface area contributed by atoms with Gasteiger partial charge in [-0.3, -0.25) is 11.3 Å². The molecule has 4 unspecified atom stereocenters. The van der Waals surface area contributed by atoms with Crippen molar-refractivity contribution in [1.82, 2.24) is 5.43 Å². The van der Waals surface area contributed by atoms with Gasteiger partial charge in [-0.25, -0.2) is 0 Å². The Morgan fingerprint density at radius 1 is 1.41 bits per heavy atom. The standard InChI is InChI=1S/C12H26N2OS2/c1-4-10-12(17-8-7-16-10)11(14-13)9(2)5-6-15-3/h9-12,14H,4-8,13H2,1-3H3. The molecule has 102 valence electrons. The van der Waals surface area contributed by atoms with Crippen LogP contribution < -0.4 is 11.3 Å². The molecule has 1 fully saturated rings. The number of rotatable bonds is 7. The number of thioether (sulfide) groups is 2. The van der Waals surface area contributed by atoms with Crippen LogP contribution in [-0.4, -0.2) is 41.8 Å². The molecule has 5 heteroatoms. The van der Waals surface area contributed by atoms with Crippen molar-refractivity contribution in [2.24, 2.45) is 11.8 Å². The van der Waals surface area contributed by atoms with Gasteiger partial charge >= 0.3 is 0 Å². The molecule has 0 spiro atoms. The maximum Gasteiger partial charge on any atom is 0.0465 e. The summed E-state index contributed by atoms with van der Waals surface area (Å²) in [5.41, 5.74) is 3.06. The lowest BCUT2D eigenvalue weighted by molar-refractivity contribution is 0.169. The van der Waals surface area contributed by atoms with Gasteiger partial charge in [-0.05, 0) is 18.8 Å². The predicted octanol–water partition coefficient (Wildman–Crippen LogP) is 2.12. The van der Waals surface area contributed by atoms with E-state index in [1.165, 1.54) is 17.9 Å². The van der Waals surface area contributed by atoms with Gasteiger partial charge in [0.1, 0.15) is 0 Å². The molecule has 0 aromatic heterocycles. The minimum Gasteiger partial charge on any atom is -0.385 e. The fourth-order valence-electron chi connectivity index (χ4n) is 2.34. The van der Waals surface area contributed by atoms with Gasteiger partial charge in [-0.15, -0.1) is 0 Å². The molecule has 0 radical (unpaired) electrons. The molecule has 0 aliphatic carbocycles. The van der Waals surface area contributed by atoms with Gasteiger partial charge < -0.3 is 4.74 Å². The van der Waals surface area contributed by atoms with Crippen LogP contribution in [0.25, 0.3) is 0 Å². The van der Waals surface area contributed by atoms with Crippen molar-refractivity contribution in [2.45, 2.75) is 43.2 Å². The second-order valence-corrected chi connectivity index (χ2v) is 7.24. The number of nitrogens with two attached hydrogens (primary N) is 1. The molecule has 4 atom stereocenters. The third-order valence-corrected chi connectivity index (χ3v) is 6.80. The zero-order chi connectivity index (χ0) is 12.7. The molecule has 1 rings (SSSR count). The van der Waals surface area contributed by atoms with Crippen LogP contribution >= 0.6 is 23.5 Å². The summed E-state index contributed by atoms with van der Waals surface area (Å²) in [4.78, 5) is 0. The second-order valence-electron chi connectivity index (χ2n) is 4.60. The molecule has 1 aliphatic rings. The van der Waals surface area contributed by atoms with Crippen LogP contribution in [0.5, 0.6) is 0 Å². The Morgan fingerprint density at radius 3 is 2.71 bits per heavy atom. The lowest BCUT2D eigenvalue weighted by Gasteiger charge is -2.38. The summed E-state index contributed by atoms with van der Waals surface area (Å²) in [7, 11) is 1.76. The summed E-state index contributed by atoms with van der Waals surface area (Å²) >= 11 is 4.19. The molecular weight excluding hydrogens is 252 g/mol. The van der Waals surface area contributed by atoms with Gasteiger partial charge in [0.15, 0.2) is 0 Å². The van der Waals surface area contributed by atoms with Crippen molar-refractivity contribution in [2.75, 3.05) is 25.2 Å². The van der Waals surface area contributed by atoms with Crippen molar-refractivity contribution in [3.05, 3.63) is 0 Å². The third kappa shape index (κ3) is 4.63. The highest BCUT2D eigenvalue weighted by Crippen LogP contribution is 2.37. The van der Waals surface area contributed by atoms with Gasteiger partial charge in [0.05, 0.1) is 0 Å². The molecule has 0 aromatic rings. The van der Waals surface area contributed by atoms with Crippen molar-refractivity contribution in [3.63, 3.8) is 0 Å². The smallest absolute Gasteiger partial charge is 0.0465 e. The summed E-state index contributed by atoms with van der Waals surface area (Å²) in [5, 5.41) is 1.37. The second kappa shape index (κ2) is 8.64. The number of hydrazine groups is 1.